The molecule has 226 valence electrons. The minimum absolute atomic E-state index is 0.130. The Morgan fingerprint density at radius 1 is 1.07 bits per heavy atom. The summed E-state index contributed by atoms with van der Waals surface area (Å²) in [6.07, 6.45) is 4.28. The third-order valence-corrected chi connectivity index (χ3v) is 9.70. The van der Waals surface area contributed by atoms with E-state index in [0.29, 0.717) is 27.1 Å². The van der Waals surface area contributed by atoms with Crippen molar-refractivity contribution in [1.29, 1.82) is 0 Å². The Hall–Kier alpha value is -3.89. The van der Waals surface area contributed by atoms with Crippen LogP contribution in [0.2, 0.25) is 0 Å². The lowest BCUT2D eigenvalue weighted by Crippen LogP contribution is -2.26. The zero-order chi connectivity index (χ0) is 31.1. The lowest BCUT2D eigenvalue weighted by atomic mass is 9.72. The number of carboxylic acids is 1. The van der Waals surface area contributed by atoms with Crippen molar-refractivity contribution < 1.29 is 29.0 Å². The molecule has 0 saturated heterocycles. The van der Waals surface area contributed by atoms with E-state index in [1.807, 2.05) is 36.4 Å². The quantitative estimate of drug-likeness (QED) is 0.125. The van der Waals surface area contributed by atoms with Crippen molar-refractivity contribution in [3.63, 3.8) is 0 Å². The number of anilines is 2. The zero-order valence-electron chi connectivity index (χ0n) is 24.6. The molecule has 3 N–H and O–H groups in total. The fourth-order valence-corrected chi connectivity index (χ4v) is 7.43. The molecule has 0 spiro atoms. The first-order chi connectivity index (χ1) is 20.5. The van der Waals surface area contributed by atoms with Crippen molar-refractivity contribution in [2.24, 2.45) is 11.3 Å². The van der Waals surface area contributed by atoms with E-state index in [4.69, 9.17) is 9.84 Å². The number of thiophene rings is 1. The second kappa shape index (κ2) is 14.1. The van der Waals surface area contributed by atoms with E-state index >= 15 is 0 Å². The van der Waals surface area contributed by atoms with Gasteiger partial charge < -0.3 is 20.5 Å². The van der Waals surface area contributed by atoms with Crippen molar-refractivity contribution >= 4 is 57.5 Å². The maximum Gasteiger partial charge on any atom is 0.341 e. The van der Waals surface area contributed by atoms with E-state index in [1.165, 1.54) is 23.1 Å². The van der Waals surface area contributed by atoms with Crippen LogP contribution in [0.5, 0.6) is 0 Å². The van der Waals surface area contributed by atoms with Crippen molar-refractivity contribution in [1.82, 2.24) is 0 Å². The molecular weight excluding hydrogens is 585 g/mol. The van der Waals surface area contributed by atoms with E-state index < -0.39 is 23.1 Å². The molecule has 43 heavy (non-hydrogen) atoms. The molecule has 0 radical (unpaired) electrons. The van der Waals surface area contributed by atoms with Gasteiger partial charge in [0.1, 0.15) is 10.3 Å². The van der Waals surface area contributed by atoms with Gasteiger partial charge in [-0.25, -0.2) is 9.59 Å². The summed E-state index contributed by atoms with van der Waals surface area (Å²) in [6.45, 7) is 8.72. The van der Waals surface area contributed by atoms with Crippen LogP contribution in [0.25, 0.3) is 0 Å². The number of aliphatic carboxylic acids is 1. The highest BCUT2D eigenvalue weighted by Crippen LogP contribution is 2.45. The van der Waals surface area contributed by atoms with Crippen LogP contribution in [0, 0.1) is 11.3 Å². The molecule has 2 amide bonds. The number of fused-ring (bicyclic) bond motifs is 1. The lowest BCUT2D eigenvalue weighted by molar-refractivity contribution is -0.131. The second-order valence-electron chi connectivity index (χ2n) is 11.3. The number of carbonyl (C=O) groups is 4. The average molecular weight is 621 g/mol. The number of carboxylic acid groups (broad SMARTS) is 1. The minimum atomic E-state index is -1.22. The summed E-state index contributed by atoms with van der Waals surface area (Å²) in [5.74, 6) is -2.04. The molecule has 2 aromatic carbocycles. The Morgan fingerprint density at radius 2 is 1.81 bits per heavy atom. The number of ether oxygens (including phenoxy) is 1. The SMILES string of the molecule is CCOC(=O)c1c(NC(=O)C(Sc2cccc(NC(=O)/C=C/C(=O)O)c2)c2ccccc2)sc2c1CCC(C(C)(C)C)C2. The number of carbonyl (C=O) groups excluding carboxylic acids is 3. The third-order valence-electron chi connectivity index (χ3n) is 7.28. The Morgan fingerprint density at radius 3 is 2.49 bits per heavy atom. The molecule has 4 rings (SSSR count). The van der Waals surface area contributed by atoms with Crippen molar-refractivity contribution in [2.45, 2.75) is 57.1 Å². The highest BCUT2D eigenvalue weighted by molar-refractivity contribution is 8.00. The van der Waals surface area contributed by atoms with Gasteiger partial charge in [-0.2, -0.15) is 0 Å². The summed E-state index contributed by atoms with van der Waals surface area (Å²) in [6, 6.07) is 16.3. The highest BCUT2D eigenvalue weighted by Gasteiger charge is 2.35. The van der Waals surface area contributed by atoms with Crippen LogP contribution in [0.4, 0.5) is 10.7 Å². The molecule has 0 saturated carbocycles. The molecule has 0 bridgehead atoms. The normalized spacial score (nSPS) is 15.4. The summed E-state index contributed by atoms with van der Waals surface area (Å²) in [5.41, 5.74) is 2.80. The number of nitrogens with one attached hydrogen (secondary N) is 2. The largest absolute Gasteiger partial charge is 0.478 e. The average Bonchev–Trinajstić information content (AvgIpc) is 3.32. The molecule has 1 heterocycles. The van der Waals surface area contributed by atoms with Gasteiger partial charge in [-0.05, 0) is 66.8 Å². The highest BCUT2D eigenvalue weighted by atomic mass is 32.2. The number of esters is 1. The number of benzene rings is 2. The fraction of sp³-hybridized carbons (Fsp3) is 0.333. The minimum Gasteiger partial charge on any atom is -0.478 e. The van der Waals surface area contributed by atoms with E-state index in [9.17, 15) is 19.2 Å². The van der Waals surface area contributed by atoms with Gasteiger partial charge in [0.05, 0.1) is 12.2 Å². The maximum absolute atomic E-state index is 14.0. The first kappa shape index (κ1) is 32.0. The monoisotopic (exact) mass is 620 g/mol. The molecule has 10 heteroatoms. The van der Waals surface area contributed by atoms with Gasteiger partial charge in [0, 0.05) is 27.6 Å². The van der Waals surface area contributed by atoms with Crippen LogP contribution in [0.3, 0.4) is 0 Å². The molecule has 1 aromatic heterocycles. The van der Waals surface area contributed by atoms with Gasteiger partial charge in [0.2, 0.25) is 11.8 Å². The van der Waals surface area contributed by atoms with Crippen LogP contribution in [-0.4, -0.2) is 35.5 Å². The summed E-state index contributed by atoms with van der Waals surface area (Å²) < 4.78 is 5.42. The van der Waals surface area contributed by atoms with Crippen LogP contribution >= 0.6 is 23.1 Å². The molecule has 3 aromatic rings. The van der Waals surface area contributed by atoms with E-state index in [1.54, 1.807) is 25.1 Å². The van der Waals surface area contributed by atoms with Gasteiger partial charge in [-0.1, -0.05) is 57.2 Å². The van der Waals surface area contributed by atoms with E-state index in [-0.39, 0.29) is 17.9 Å². The maximum atomic E-state index is 14.0. The Labute approximate surface area is 259 Å². The third kappa shape index (κ3) is 8.36. The number of hydrogen-bond donors (Lipinski definition) is 3. The van der Waals surface area contributed by atoms with Crippen LogP contribution in [0.1, 0.15) is 65.7 Å². The number of hydrogen-bond acceptors (Lipinski definition) is 7. The first-order valence-corrected chi connectivity index (χ1v) is 15.8. The lowest BCUT2D eigenvalue weighted by Gasteiger charge is -2.33. The number of rotatable bonds is 10. The molecule has 0 fully saturated rings. The number of amides is 2. The van der Waals surface area contributed by atoms with Gasteiger partial charge in [-0.3, -0.25) is 9.59 Å². The van der Waals surface area contributed by atoms with Crippen molar-refractivity contribution in [2.75, 3.05) is 17.2 Å². The fourth-order valence-electron chi connectivity index (χ4n) is 5.02. The summed E-state index contributed by atoms with van der Waals surface area (Å²) in [5, 5.41) is 14.3. The first-order valence-electron chi connectivity index (χ1n) is 14.1. The second-order valence-corrected chi connectivity index (χ2v) is 13.6. The summed E-state index contributed by atoms with van der Waals surface area (Å²) in [4.78, 5) is 51.8. The van der Waals surface area contributed by atoms with Gasteiger partial charge in [0.25, 0.3) is 0 Å². The predicted molar refractivity (Wildman–Crippen MR) is 171 cm³/mol. The molecule has 8 nitrogen and oxygen atoms in total. The topological polar surface area (TPSA) is 122 Å². The number of thioether (sulfide) groups is 1. The molecule has 1 aliphatic rings. The molecule has 1 aliphatic carbocycles. The summed E-state index contributed by atoms with van der Waals surface area (Å²) in [7, 11) is 0. The van der Waals surface area contributed by atoms with Crippen molar-refractivity contribution in [3.05, 3.63) is 88.3 Å². The van der Waals surface area contributed by atoms with Crippen molar-refractivity contribution in [3.8, 4) is 0 Å². The standard InChI is InChI=1S/C33H36N2O6S2/c1-5-41-32(40)28-24-15-14-21(33(2,3)4)18-25(24)43-31(28)35-30(39)29(20-10-7-6-8-11-20)42-23-13-9-12-22(19-23)34-26(36)16-17-27(37)38/h6-13,16-17,19,21,29H,5,14-15,18H2,1-4H3,(H,34,36)(H,35,39)(H,37,38)/b17-16+. The summed E-state index contributed by atoms with van der Waals surface area (Å²) >= 11 is 2.77. The molecule has 0 aliphatic heterocycles. The Balaban J connectivity index is 1.63. The predicted octanol–water partition coefficient (Wildman–Crippen LogP) is 7.13. The van der Waals surface area contributed by atoms with Crippen LogP contribution < -0.4 is 10.6 Å². The molecule has 2 atom stereocenters. The smallest absolute Gasteiger partial charge is 0.341 e. The van der Waals surface area contributed by atoms with Gasteiger partial charge >= 0.3 is 11.9 Å². The van der Waals surface area contributed by atoms with E-state index in [2.05, 4.69) is 31.4 Å². The van der Waals surface area contributed by atoms with Gasteiger partial charge in [0.15, 0.2) is 0 Å². The molecule has 2 unspecified atom stereocenters. The Kier molecular flexibility index (Phi) is 10.5. The van der Waals surface area contributed by atoms with Crippen LogP contribution in [-0.2, 0) is 32.0 Å². The zero-order valence-corrected chi connectivity index (χ0v) is 26.3. The Bertz CT molecular complexity index is 1520. The molecular formula is C33H36N2O6S2. The van der Waals surface area contributed by atoms with Gasteiger partial charge in [-0.15, -0.1) is 23.1 Å². The van der Waals surface area contributed by atoms with Crippen LogP contribution in [0.15, 0.2) is 71.6 Å². The van der Waals surface area contributed by atoms with E-state index in [0.717, 1.165) is 47.4 Å².